The highest BCUT2D eigenvalue weighted by Crippen LogP contribution is 2.71. The molecule has 5 heteroatoms. The molecule has 5 aliphatic rings. The fourth-order valence-corrected chi connectivity index (χ4v) is 6.65. The predicted molar refractivity (Wildman–Crippen MR) is 96.1 cm³/mol. The molecular weight excluding hydrogens is 326 g/mol. The number of amides is 2. The molecule has 3 atom stereocenters. The minimum absolute atomic E-state index is 0.167. The molecule has 3 aliphatic carbocycles. The number of hydrogen-bond donors (Lipinski definition) is 0. The predicted octanol–water partition coefficient (Wildman–Crippen LogP) is 2.13. The fourth-order valence-electron chi connectivity index (χ4n) is 6.65. The molecule has 0 radical (unpaired) electrons. The molecule has 1 aromatic rings. The maximum atomic E-state index is 13.0. The second-order valence-electron chi connectivity index (χ2n) is 9.83. The first-order chi connectivity index (χ1) is 12.5. The summed E-state index contributed by atoms with van der Waals surface area (Å²) in [6.07, 6.45) is 11.2. The van der Waals surface area contributed by atoms with Crippen LogP contribution in [-0.4, -0.2) is 52.4 Å². The summed E-state index contributed by atoms with van der Waals surface area (Å²) in [7, 11) is 0. The largest absolute Gasteiger partial charge is 0.345 e. The minimum Gasteiger partial charge on any atom is -0.345 e. The maximum Gasteiger partial charge on any atom is 0.242 e. The van der Waals surface area contributed by atoms with E-state index < -0.39 is 0 Å². The van der Waals surface area contributed by atoms with E-state index in [2.05, 4.69) is 9.80 Å². The number of aromatic nitrogens is 1. The zero-order valence-electron chi connectivity index (χ0n) is 15.3. The van der Waals surface area contributed by atoms with Crippen molar-refractivity contribution in [3.05, 3.63) is 24.5 Å². The summed E-state index contributed by atoms with van der Waals surface area (Å²) in [5.74, 6) is 0.998. The van der Waals surface area contributed by atoms with Crippen molar-refractivity contribution in [2.24, 2.45) is 22.2 Å². The molecule has 26 heavy (non-hydrogen) atoms. The number of nitrogens with zero attached hydrogens (tertiary/aromatic N) is 3. The van der Waals surface area contributed by atoms with Gasteiger partial charge >= 0.3 is 0 Å². The Morgan fingerprint density at radius 2 is 1.50 bits per heavy atom. The highest BCUT2D eigenvalue weighted by Gasteiger charge is 2.70. The molecule has 2 amide bonds. The number of rotatable bonds is 3. The second kappa shape index (κ2) is 4.73. The number of carbonyl (C=O) groups excluding carboxylic acids is 2. The van der Waals surface area contributed by atoms with Crippen LogP contribution in [-0.2, 0) is 16.1 Å². The average molecular weight is 353 g/mol. The molecule has 2 aliphatic heterocycles. The van der Waals surface area contributed by atoms with Crippen molar-refractivity contribution in [1.29, 1.82) is 0 Å². The lowest BCUT2D eigenvalue weighted by Gasteiger charge is -2.29. The first-order valence-corrected chi connectivity index (χ1v) is 10.2. The van der Waals surface area contributed by atoms with E-state index in [-0.39, 0.29) is 16.7 Å². The molecule has 138 valence electrons. The van der Waals surface area contributed by atoms with Gasteiger partial charge in [-0.1, -0.05) is 6.42 Å². The van der Waals surface area contributed by atoms with Gasteiger partial charge in [-0.15, -0.1) is 0 Å². The van der Waals surface area contributed by atoms with Gasteiger partial charge < -0.3 is 14.4 Å². The lowest BCUT2D eigenvalue weighted by molar-refractivity contribution is -0.133. The molecule has 3 heterocycles. The summed E-state index contributed by atoms with van der Waals surface area (Å²) >= 11 is 0. The highest BCUT2D eigenvalue weighted by atomic mass is 16.2. The summed E-state index contributed by atoms with van der Waals surface area (Å²) in [5.41, 5.74) is 0.777. The van der Waals surface area contributed by atoms with Crippen LogP contribution in [0.4, 0.5) is 0 Å². The molecular formula is C21H27N3O2. The quantitative estimate of drug-likeness (QED) is 0.836. The average Bonchev–Trinajstić information content (AvgIpc) is 3.26. The Labute approximate surface area is 154 Å². The van der Waals surface area contributed by atoms with Crippen LogP contribution >= 0.6 is 0 Å². The zero-order chi connectivity index (χ0) is 17.6. The highest BCUT2D eigenvalue weighted by molar-refractivity contribution is 5.84. The third-order valence-corrected chi connectivity index (χ3v) is 8.44. The first-order valence-electron chi connectivity index (χ1n) is 10.2. The number of hydrogen-bond acceptors (Lipinski definition) is 2. The van der Waals surface area contributed by atoms with E-state index in [0.29, 0.717) is 23.8 Å². The van der Waals surface area contributed by atoms with E-state index in [9.17, 15) is 9.59 Å². The van der Waals surface area contributed by atoms with Crippen LogP contribution in [0.25, 0.3) is 0 Å². The summed E-state index contributed by atoms with van der Waals surface area (Å²) in [6.45, 7) is 3.93. The standard InChI is InChI=1S/C21H27N3O2/c25-17(11-22-8-1-2-9-22)23-12-20-4-3-5-21(20,13-23)15-24(14-20)18(26)16-10-19(16)6-7-19/h1-2,8-9,16H,3-7,10-15H2. The Balaban J connectivity index is 1.19. The van der Waals surface area contributed by atoms with Gasteiger partial charge in [0.2, 0.25) is 11.8 Å². The second-order valence-corrected chi connectivity index (χ2v) is 9.83. The SMILES string of the molecule is O=C(Cn1cccc1)N1CC23CCCC2(C1)CN(C(=O)C1CC12CC2)C3. The van der Waals surface area contributed by atoms with Gasteiger partial charge in [-0.25, -0.2) is 0 Å². The van der Waals surface area contributed by atoms with E-state index in [0.717, 1.165) is 32.6 Å². The summed E-state index contributed by atoms with van der Waals surface area (Å²) in [5, 5.41) is 0. The van der Waals surface area contributed by atoms with Crippen LogP contribution < -0.4 is 0 Å². The Morgan fingerprint density at radius 1 is 0.885 bits per heavy atom. The molecule has 1 aromatic heterocycles. The molecule has 5 nitrogen and oxygen atoms in total. The lowest BCUT2D eigenvalue weighted by atomic mass is 9.71. The van der Waals surface area contributed by atoms with Crippen LogP contribution in [0.2, 0.25) is 0 Å². The molecule has 6 rings (SSSR count). The van der Waals surface area contributed by atoms with Crippen molar-refractivity contribution in [2.45, 2.75) is 45.1 Å². The van der Waals surface area contributed by atoms with Gasteiger partial charge in [-0.05, 0) is 49.7 Å². The van der Waals surface area contributed by atoms with E-state index in [1.165, 1.54) is 32.1 Å². The Hall–Kier alpha value is -1.78. The summed E-state index contributed by atoms with van der Waals surface area (Å²) in [4.78, 5) is 30.1. The molecule has 1 spiro atoms. The normalized spacial score (nSPS) is 38.5. The molecule has 5 fully saturated rings. The van der Waals surface area contributed by atoms with Crippen LogP contribution in [0, 0.1) is 22.2 Å². The molecule has 0 aromatic carbocycles. The fraction of sp³-hybridized carbons (Fsp3) is 0.714. The summed E-state index contributed by atoms with van der Waals surface area (Å²) < 4.78 is 1.96. The van der Waals surface area contributed by atoms with Crippen LogP contribution in [0.15, 0.2) is 24.5 Å². The topological polar surface area (TPSA) is 45.6 Å². The van der Waals surface area contributed by atoms with Crippen molar-refractivity contribution in [1.82, 2.24) is 14.4 Å². The van der Waals surface area contributed by atoms with Gasteiger partial charge in [0.1, 0.15) is 6.54 Å². The van der Waals surface area contributed by atoms with Crippen molar-refractivity contribution in [3.63, 3.8) is 0 Å². The Bertz CT molecular complexity index is 761. The van der Waals surface area contributed by atoms with Crippen LogP contribution in [0.3, 0.4) is 0 Å². The summed E-state index contributed by atoms with van der Waals surface area (Å²) in [6, 6.07) is 3.93. The van der Waals surface area contributed by atoms with Gasteiger partial charge in [0.25, 0.3) is 0 Å². The van der Waals surface area contributed by atoms with Crippen molar-refractivity contribution in [2.75, 3.05) is 26.2 Å². The number of likely N-dealkylation sites (tertiary alicyclic amines) is 2. The number of carbonyl (C=O) groups is 2. The first kappa shape index (κ1) is 15.3. The van der Waals surface area contributed by atoms with E-state index >= 15 is 0 Å². The molecule has 3 unspecified atom stereocenters. The van der Waals surface area contributed by atoms with E-state index in [1.807, 2.05) is 29.1 Å². The van der Waals surface area contributed by atoms with Crippen LogP contribution in [0.5, 0.6) is 0 Å². The Morgan fingerprint density at radius 3 is 2.08 bits per heavy atom. The van der Waals surface area contributed by atoms with Gasteiger partial charge in [-0.3, -0.25) is 9.59 Å². The minimum atomic E-state index is 0.167. The Kier molecular flexibility index (Phi) is 2.78. The molecule has 2 saturated heterocycles. The third kappa shape index (κ3) is 1.92. The molecule has 0 N–H and O–H groups in total. The van der Waals surface area contributed by atoms with Gasteiger partial charge in [0.15, 0.2) is 0 Å². The van der Waals surface area contributed by atoms with Crippen molar-refractivity contribution >= 4 is 11.8 Å². The van der Waals surface area contributed by atoms with E-state index in [4.69, 9.17) is 0 Å². The van der Waals surface area contributed by atoms with E-state index in [1.54, 1.807) is 0 Å². The van der Waals surface area contributed by atoms with Gasteiger partial charge in [-0.2, -0.15) is 0 Å². The zero-order valence-corrected chi connectivity index (χ0v) is 15.3. The lowest BCUT2D eigenvalue weighted by Crippen LogP contribution is -2.41. The van der Waals surface area contributed by atoms with Gasteiger partial charge in [0, 0.05) is 55.3 Å². The molecule has 0 bridgehead atoms. The van der Waals surface area contributed by atoms with Crippen molar-refractivity contribution in [3.8, 4) is 0 Å². The maximum absolute atomic E-state index is 13.0. The van der Waals surface area contributed by atoms with Crippen molar-refractivity contribution < 1.29 is 9.59 Å². The third-order valence-electron chi connectivity index (χ3n) is 8.44. The van der Waals surface area contributed by atoms with Gasteiger partial charge in [0.05, 0.1) is 0 Å². The van der Waals surface area contributed by atoms with Crippen LogP contribution in [0.1, 0.15) is 38.5 Å². The smallest absolute Gasteiger partial charge is 0.242 e. The molecule has 3 saturated carbocycles. The monoisotopic (exact) mass is 353 g/mol.